The average Bonchev–Trinajstić information content (AvgIpc) is 3.16. The van der Waals surface area contributed by atoms with Crippen LogP contribution in [-0.2, 0) is 0 Å². The predicted octanol–water partition coefficient (Wildman–Crippen LogP) is 6.85. The number of benzene rings is 2. The zero-order chi connectivity index (χ0) is 22.0. The molecular formula is C25H28ClFN2O2. The van der Waals surface area contributed by atoms with Crippen molar-refractivity contribution < 1.29 is 13.6 Å². The average molecular weight is 443 g/mol. The van der Waals surface area contributed by atoms with E-state index in [2.05, 4.69) is 24.1 Å². The third-order valence-electron chi connectivity index (χ3n) is 6.29. The molecule has 1 aliphatic heterocycles. The number of rotatable bonds is 6. The van der Waals surface area contributed by atoms with Gasteiger partial charge < -0.3 is 14.6 Å². The number of carbonyl (C=O) groups excluding carboxylic acids is 1. The number of hydrogen-bond donors (Lipinski definition) is 1. The Bertz CT molecular complexity index is 1050. The molecule has 1 unspecified atom stereocenters. The number of likely N-dealkylation sites (tertiary alicyclic amines) is 1. The highest BCUT2D eigenvalue weighted by atomic mass is 35.5. The summed E-state index contributed by atoms with van der Waals surface area (Å²) in [4.78, 5) is 15.1. The van der Waals surface area contributed by atoms with Gasteiger partial charge in [0, 0.05) is 33.3 Å². The summed E-state index contributed by atoms with van der Waals surface area (Å²) in [5.41, 5.74) is 2.84. The molecule has 1 N–H and O–H groups in total. The molecule has 1 aromatic heterocycles. The molecule has 0 saturated carbocycles. The van der Waals surface area contributed by atoms with E-state index < -0.39 is 11.7 Å². The largest absolute Gasteiger partial charge is 0.464 e. The Labute approximate surface area is 187 Å². The molecule has 31 heavy (non-hydrogen) atoms. The number of furan rings is 1. The van der Waals surface area contributed by atoms with E-state index in [0.717, 1.165) is 36.9 Å². The second-order valence-corrected chi connectivity index (χ2v) is 8.90. The highest BCUT2D eigenvalue weighted by Crippen LogP contribution is 2.36. The number of amides is 1. The lowest BCUT2D eigenvalue weighted by Gasteiger charge is -2.36. The lowest BCUT2D eigenvalue weighted by molar-refractivity contribution is 0.102. The molecule has 1 saturated heterocycles. The summed E-state index contributed by atoms with van der Waals surface area (Å²) in [7, 11) is 0. The Kier molecular flexibility index (Phi) is 6.63. The predicted molar refractivity (Wildman–Crippen MR) is 123 cm³/mol. The number of carbonyl (C=O) groups is 1. The smallest absolute Gasteiger partial charge is 0.255 e. The van der Waals surface area contributed by atoms with E-state index in [4.69, 9.17) is 16.0 Å². The zero-order valence-electron chi connectivity index (χ0n) is 18.0. The van der Waals surface area contributed by atoms with Gasteiger partial charge in [-0.15, -0.1) is 0 Å². The van der Waals surface area contributed by atoms with E-state index in [1.807, 2.05) is 18.4 Å². The summed E-state index contributed by atoms with van der Waals surface area (Å²) in [5, 5.41) is 4.06. The Morgan fingerprint density at radius 3 is 2.74 bits per heavy atom. The van der Waals surface area contributed by atoms with Gasteiger partial charge in [-0.05, 0) is 81.6 Å². The molecule has 0 spiro atoms. The monoisotopic (exact) mass is 442 g/mol. The molecule has 2 aromatic carbocycles. The Morgan fingerprint density at radius 2 is 2.03 bits per heavy atom. The fourth-order valence-corrected chi connectivity index (χ4v) is 4.80. The summed E-state index contributed by atoms with van der Waals surface area (Å²) in [5.74, 6) is -0.492. The van der Waals surface area contributed by atoms with Gasteiger partial charge in [0.1, 0.15) is 11.4 Å². The van der Waals surface area contributed by atoms with Gasteiger partial charge in [0.05, 0.1) is 6.26 Å². The van der Waals surface area contributed by atoms with Gasteiger partial charge in [-0.1, -0.05) is 24.9 Å². The molecule has 6 heteroatoms. The van der Waals surface area contributed by atoms with E-state index in [0.29, 0.717) is 17.6 Å². The Hall–Kier alpha value is -2.37. The SMILES string of the molecule is CCCC(C)N1CCC(c2coc3ccc(NC(=O)c4cc(F)cc(Cl)c4)cc23)CC1. The van der Waals surface area contributed by atoms with Crippen molar-refractivity contribution in [1.82, 2.24) is 4.90 Å². The molecule has 0 aliphatic carbocycles. The van der Waals surface area contributed by atoms with E-state index in [-0.39, 0.29) is 10.6 Å². The second-order valence-electron chi connectivity index (χ2n) is 8.46. The van der Waals surface area contributed by atoms with Crippen LogP contribution in [0.1, 0.15) is 61.4 Å². The standard InChI is InChI=1S/C25H28ClFN2O2/c1-3-4-16(2)29-9-7-17(8-10-29)23-15-31-24-6-5-21(14-22(23)24)28-25(30)18-11-19(26)13-20(27)12-18/h5-6,11-17H,3-4,7-10H2,1-2H3,(H,28,30). The summed E-state index contributed by atoms with van der Waals surface area (Å²) in [6, 6.07) is 10.0. The molecule has 3 aromatic rings. The van der Waals surface area contributed by atoms with Crippen molar-refractivity contribution in [3.05, 3.63) is 64.6 Å². The van der Waals surface area contributed by atoms with Crippen LogP contribution in [0.3, 0.4) is 0 Å². The highest BCUT2D eigenvalue weighted by molar-refractivity contribution is 6.31. The minimum absolute atomic E-state index is 0.186. The number of anilines is 1. The number of nitrogens with one attached hydrogen (secondary N) is 1. The van der Waals surface area contributed by atoms with Crippen molar-refractivity contribution >= 4 is 34.2 Å². The minimum Gasteiger partial charge on any atom is -0.464 e. The van der Waals surface area contributed by atoms with Crippen molar-refractivity contribution in [1.29, 1.82) is 0 Å². The van der Waals surface area contributed by atoms with Crippen molar-refractivity contribution in [2.45, 2.75) is 51.5 Å². The van der Waals surface area contributed by atoms with Gasteiger partial charge in [-0.25, -0.2) is 4.39 Å². The Morgan fingerprint density at radius 1 is 1.26 bits per heavy atom. The number of hydrogen-bond acceptors (Lipinski definition) is 3. The van der Waals surface area contributed by atoms with E-state index in [1.54, 1.807) is 6.07 Å². The molecule has 1 aliphatic rings. The van der Waals surface area contributed by atoms with Crippen LogP contribution in [-0.4, -0.2) is 29.9 Å². The first-order chi connectivity index (χ1) is 14.9. The molecular weight excluding hydrogens is 415 g/mol. The van der Waals surface area contributed by atoms with Crippen LogP contribution >= 0.6 is 11.6 Å². The molecule has 0 bridgehead atoms. The van der Waals surface area contributed by atoms with Crippen LogP contribution in [0.2, 0.25) is 5.02 Å². The maximum atomic E-state index is 13.6. The third kappa shape index (κ3) is 4.94. The normalized spacial score (nSPS) is 16.5. The van der Waals surface area contributed by atoms with Gasteiger partial charge in [0.2, 0.25) is 0 Å². The van der Waals surface area contributed by atoms with Crippen LogP contribution in [0.15, 0.2) is 47.1 Å². The molecule has 4 nitrogen and oxygen atoms in total. The molecule has 1 atom stereocenters. The maximum absolute atomic E-state index is 13.6. The van der Waals surface area contributed by atoms with Crippen LogP contribution < -0.4 is 5.32 Å². The number of nitrogens with zero attached hydrogens (tertiary/aromatic N) is 1. The van der Waals surface area contributed by atoms with Crippen molar-refractivity contribution in [2.24, 2.45) is 0 Å². The lowest BCUT2D eigenvalue weighted by atomic mass is 9.88. The van der Waals surface area contributed by atoms with Crippen LogP contribution in [0, 0.1) is 5.82 Å². The molecule has 2 heterocycles. The number of fused-ring (bicyclic) bond motifs is 1. The van der Waals surface area contributed by atoms with Crippen molar-refractivity contribution in [2.75, 3.05) is 18.4 Å². The minimum atomic E-state index is -0.537. The van der Waals surface area contributed by atoms with Crippen LogP contribution in [0.4, 0.5) is 10.1 Å². The van der Waals surface area contributed by atoms with E-state index in [1.165, 1.54) is 36.6 Å². The summed E-state index contributed by atoms with van der Waals surface area (Å²) in [6.07, 6.45) is 6.50. The lowest BCUT2D eigenvalue weighted by Crippen LogP contribution is -2.39. The van der Waals surface area contributed by atoms with Crippen molar-refractivity contribution in [3.8, 4) is 0 Å². The zero-order valence-corrected chi connectivity index (χ0v) is 18.7. The first-order valence-corrected chi connectivity index (χ1v) is 11.3. The first-order valence-electron chi connectivity index (χ1n) is 11.0. The van der Waals surface area contributed by atoms with Gasteiger partial charge in [-0.2, -0.15) is 0 Å². The van der Waals surface area contributed by atoms with Crippen LogP contribution in [0.5, 0.6) is 0 Å². The molecule has 1 amide bonds. The van der Waals surface area contributed by atoms with Gasteiger partial charge in [-0.3, -0.25) is 4.79 Å². The van der Waals surface area contributed by atoms with E-state index in [9.17, 15) is 9.18 Å². The van der Waals surface area contributed by atoms with Crippen molar-refractivity contribution in [3.63, 3.8) is 0 Å². The molecule has 4 rings (SSSR count). The summed E-state index contributed by atoms with van der Waals surface area (Å²) in [6.45, 7) is 6.74. The Balaban J connectivity index is 1.50. The first kappa shape index (κ1) is 21.8. The third-order valence-corrected chi connectivity index (χ3v) is 6.50. The van der Waals surface area contributed by atoms with E-state index >= 15 is 0 Å². The quantitative estimate of drug-likeness (QED) is 0.454. The van der Waals surface area contributed by atoms with Crippen LogP contribution in [0.25, 0.3) is 11.0 Å². The number of halogens is 2. The fourth-order valence-electron chi connectivity index (χ4n) is 4.58. The van der Waals surface area contributed by atoms with Gasteiger partial charge in [0.15, 0.2) is 0 Å². The topological polar surface area (TPSA) is 45.5 Å². The van der Waals surface area contributed by atoms with Gasteiger partial charge in [0.25, 0.3) is 5.91 Å². The second kappa shape index (κ2) is 9.41. The molecule has 164 valence electrons. The maximum Gasteiger partial charge on any atom is 0.255 e. The summed E-state index contributed by atoms with van der Waals surface area (Å²) < 4.78 is 19.4. The fraction of sp³-hybridized carbons (Fsp3) is 0.400. The molecule has 0 radical (unpaired) electrons. The molecule has 1 fully saturated rings. The van der Waals surface area contributed by atoms with Gasteiger partial charge >= 0.3 is 0 Å². The summed E-state index contributed by atoms with van der Waals surface area (Å²) >= 11 is 5.88. The number of piperidine rings is 1. The highest BCUT2D eigenvalue weighted by Gasteiger charge is 2.25.